The third kappa shape index (κ3) is 3.84. The van der Waals surface area contributed by atoms with E-state index in [9.17, 15) is 4.79 Å². The zero-order chi connectivity index (χ0) is 12.7. The largest absolute Gasteiger partial charge is 0.497 e. The highest BCUT2D eigenvalue weighted by Crippen LogP contribution is 2.10. The van der Waals surface area contributed by atoms with Crippen molar-refractivity contribution in [1.82, 2.24) is 0 Å². The number of benzene rings is 1. The van der Waals surface area contributed by atoms with Crippen LogP contribution in [0, 0.1) is 11.3 Å². The summed E-state index contributed by atoms with van der Waals surface area (Å²) in [7, 11) is 1.46. The molecule has 0 unspecified atom stereocenters. The first kappa shape index (κ1) is 12.5. The molecule has 17 heavy (non-hydrogen) atoms. The molecule has 86 valence electrons. The van der Waals surface area contributed by atoms with E-state index in [-0.39, 0.29) is 5.57 Å². The van der Waals surface area contributed by atoms with Crippen LogP contribution in [-0.4, -0.2) is 13.0 Å². The van der Waals surface area contributed by atoms with E-state index in [1.165, 1.54) is 13.2 Å². The van der Waals surface area contributed by atoms with Gasteiger partial charge in [0.25, 0.3) is 5.91 Å². The highest BCUT2D eigenvalue weighted by Gasteiger charge is 2.04. The first-order chi connectivity index (χ1) is 8.17. The number of allylic oxidation sites excluding steroid dienone is 1. The van der Waals surface area contributed by atoms with Crippen molar-refractivity contribution in [1.29, 1.82) is 5.26 Å². The molecule has 1 amide bonds. The van der Waals surface area contributed by atoms with Crippen LogP contribution in [0.1, 0.15) is 5.56 Å². The van der Waals surface area contributed by atoms with Crippen molar-refractivity contribution in [2.24, 2.45) is 5.73 Å². The molecule has 0 bridgehead atoms. The predicted molar refractivity (Wildman–Crippen MR) is 64.3 cm³/mol. The van der Waals surface area contributed by atoms with Crippen LogP contribution in [0.15, 0.2) is 47.7 Å². The number of primary amides is 1. The van der Waals surface area contributed by atoms with Crippen molar-refractivity contribution in [2.75, 3.05) is 7.11 Å². The van der Waals surface area contributed by atoms with Gasteiger partial charge in [0.1, 0.15) is 17.4 Å². The molecule has 1 aromatic carbocycles. The fourth-order valence-electron chi connectivity index (χ4n) is 1.17. The second-order valence-corrected chi connectivity index (χ2v) is 3.20. The second kappa shape index (κ2) is 6.13. The molecule has 0 aliphatic carbocycles. The Morgan fingerprint density at radius 3 is 2.53 bits per heavy atom. The zero-order valence-electron chi connectivity index (χ0n) is 9.38. The van der Waals surface area contributed by atoms with Gasteiger partial charge in [-0.2, -0.15) is 5.26 Å². The smallest absolute Gasteiger partial charge is 0.259 e. The Hall–Kier alpha value is -2.54. The normalized spacial score (nSPS) is 11.8. The molecule has 4 nitrogen and oxygen atoms in total. The number of rotatable bonds is 4. The van der Waals surface area contributed by atoms with Gasteiger partial charge < -0.3 is 10.5 Å². The van der Waals surface area contributed by atoms with Gasteiger partial charge in [0.2, 0.25) is 0 Å². The molecule has 4 heteroatoms. The molecule has 0 aromatic heterocycles. The second-order valence-electron chi connectivity index (χ2n) is 3.20. The van der Waals surface area contributed by atoms with E-state index in [2.05, 4.69) is 0 Å². The Labute approximate surface area is 99.6 Å². The molecular formula is C13H12N2O2. The number of nitrogens with zero attached hydrogens (tertiary/aromatic N) is 1. The molecule has 0 saturated heterocycles. The van der Waals surface area contributed by atoms with Crippen LogP contribution >= 0.6 is 0 Å². The van der Waals surface area contributed by atoms with E-state index in [0.717, 1.165) is 5.56 Å². The zero-order valence-corrected chi connectivity index (χ0v) is 9.38. The van der Waals surface area contributed by atoms with Gasteiger partial charge in [0.15, 0.2) is 0 Å². The number of nitriles is 1. The summed E-state index contributed by atoms with van der Waals surface area (Å²) >= 11 is 0. The minimum Gasteiger partial charge on any atom is -0.497 e. The third-order valence-electron chi connectivity index (χ3n) is 2.02. The molecule has 1 aromatic rings. The number of hydrogen-bond acceptors (Lipinski definition) is 3. The van der Waals surface area contributed by atoms with E-state index < -0.39 is 5.91 Å². The van der Waals surface area contributed by atoms with Crippen LogP contribution in [0.4, 0.5) is 0 Å². The first-order valence-corrected chi connectivity index (χ1v) is 4.89. The van der Waals surface area contributed by atoms with Gasteiger partial charge in [-0.1, -0.05) is 30.3 Å². The number of methoxy groups -OCH3 is 1. The van der Waals surface area contributed by atoms with Crippen LogP contribution in [0.25, 0.3) is 6.08 Å². The summed E-state index contributed by atoms with van der Waals surface area (Å²) in [4.78, 5) is 10.9. The monoisotopic (exact) mass is 228 g/mol. The number of amides is 1. The van der Waals surface area contributed by atoms with Crippen LogP contribution in [0.5, 0.6) is 0 Å². The maximum atomic E-state index is 10.9. The molecule has 0 atom stereocenters. The van der Waals surface area contributed by atoms with Gasteiger partial charge in [0.05, 0.1) is 7.11 Å². The fourth-order valence-corrected chi connectivity index (χ4v) is 1.17. The van der Waals surface area contributed by atoms with Gasteiger partial charge in [-0.25, -0.2) is 0 Å². The Morgan fingerprint density at radius 2 is 2.06 bits per heavy atom. The van der Waals surface area contributed by atoms with Crippen LogP contribution in [-0.2, 0) is 9.53 Å². The first-order valence-electron chi connectivity index (χ1n) is 4.89. The van der Waals surface area contributed by atoms with Crippen LogP contribution < -0.4 is 5.73 Å². The fraction of sp³-hybridized carbons (Fsp3) is 0.0769. The average molecular weight is 228 g/mol. The van der Waals surface area contributed by atoms with Crippen molar-refractivity contribution in [3.05, 3.63) is 53.3 Å². The molecule has 1 rings (SSSR count). The Bertz CT molecular complexity index is 496. The number of hydrogen-bond donors (Lipinski definition) is 1. The summed E-state index contributed by atoms with van der Waals surface area (Å²) in [5, 5.41) is 8.71. The minimum absolute atomic E-state index is 0.144. The lowest BCUT2D eigenvalue weighted by atomic mass is 10.1. The molecule has 0 aliphatic heterocycles. The quantitative estimate of drug-likeness (QED) is 0.368. The van der Waals surface area contributed by atoms with Crippen molar-refractivity contribution >= 4 is 12.0 Å². The van der Waals surface area contributed by atoms with Crippen molar-refractivity contribution < 1.29 is 9.53 Å². The summed E-state index contributed by atoms with van der Waals surface area (Å²) < 4.78 is 5.06. The molecule has 0 saturated carbocycles. The average Bonchev–Trinajstić information content (AvgIpc) is 2.35. The van der Waals surface area contributed by atoms with Gasteiger partial charge >= 0.3 is 0 Å². The van der Waals surface area contributed by atoms with Crippen LogP contribution in [0.2, 0.25) is 0 Å². The van der Waals surface area contributed by atoms with Crippen LogP contribution in [0.3, 0.4) is 0 Å². The van der Waals surface area contributed by atoms with E-state index in [4.69, 9.17) is 15.7 Å². The summed E-state index contributed by atoms with van der Waals surface area (Å²) in [6.07, 6.45) is 3.02. The number of nitrogens with two attached hydrogens (primary N) is 1. The summed E-state index contributed by atoms with van der Waals surface area (Å²) in [6.45, 7) is 0. The molecule has 0 fully saturated rings. The molecule has 2 N–H and O–H groups in total. The number of carbonyl (C=O) groups excluding carboxylic acids is 1. The lowest BCUT2D eigenvalue weighted by Gasteiger charge is -2.01. The summed E-state index contributed by atoms with van der Waals surface area (Å²) in [5.41, 5.74) is 5.79. The van der Waals surface area contributed by atoms with E-state index in [0.29, 0.717) is 5.76 Å². The van der Waals surface area contributed by atoms with Gasteiger partial charge in [-0.05, 0) is 11.6 Å². The predicted octanol–water partition coefficient (Wildman–Crippen LogP) is 1.61. The topological polar surface area (TPSA) is 76.1 Å². The van der Waals surface area contributed by atoms with E-state index >= 15 is 0 Å². The molecule has 0 radical (unpaired) electrons. The van der Waals surface area contributed by atoms with Crippen molar-refractivity contribution in [3.63, 3.8) is 0 Å². The van der Waals surface area contributed by atoms with E-state index in [1.807, 2.05) is 30.3 Å². The Balaban J connectivity index is 3.05. The standard InChI is InChI=1S/C13H12N2O2/c1-17-12(8-11(9-14)13(15)16)7-10-5-3-2-4-6-10/h2-8H,1H3,(H2,15,16)/b11-8-,12-7-. The minimum atomic E-state index is -0.775. The third-order valence-corrected chi connectivity index (χ3v) is 2.02. The number of ether oxygens (including phenoxy) is 1. The maximum Gasteiger partial charge on any atom is 0.259 e. The molecule has 0 heterocycles. The Kier molecular flexibility index (Phi) is 4.52. The van der Waals surface area contributed by atoms with Crippen molar-refractivity contribution in [3.8, 4) is 6.07 Å². The Morgan fingerprint density at radius 1 is 1.41 bits per heavy atom. The summed E-state index contributed by atoms with van der Waals surface area (Å²) in [6, 6.07) is 11.1. The van der Waals surface area contributed by atoms with Gasteiger partial charge in [0, 0.05) is 6.08 Å². The lowest BCUT2D eigenvalue weighted by molar-refractivity contribution is -0.114. The number of carbonyl (C=O) groups is 1. The SMILES string of the molecule is COC(=C\c1ccccc1)/C=C(/C#N)C(N)=O. The van der Waals surface area contributed by atoms with Gasteiger partial charge in [-0.15, -0.1) is 0 Å². The van der Waals surface area contributed by atoms with E-state index in [1.54, 1.807) is 12.1 Å². The highest BCUT2D eigenvalue weighted by atomic mass is 16.5. The molecule has 0 spiro atoms. The summed E-state index contributed by atoms with van der Waals surface area (Å²) in [5.74, 6) is -0.380. The lowest BCUT2D eigenvalue weighted by Crippen LogP contribution is -2.12. The molecular weight excluding hydrogens is 216 g/mol. The van der Waals surface area contributed by atoms with Crippen molar-refractivity contribution in [2.45, 2.75) is 0 Å². The molecule has 0 aliphatic rings. The highest BCUT2D eigenvalue weighted by molar-refractivity contribution is 5.96. The maximum absolute atomic E-state index is 10.9. The van der Waals surface area contributed by atoms with Gasteiger partial charge in [-0.3, -0.25) is 4.79 Å².